The van der Waals surface area contributed by atoms with Crippen molar-refractivity contribution in [1.29, 1.82) is 0 Å². The van der Waals surface area contributed by atoms with Crippen molar-refractivity contribution in [3.05, 3.63) is 60.2 Å². The van der Waals surface area contributed by atoms with Crippen LogP contribution in [0.5, 0.6) is 5.75 Å². The Bertz CT molecular complexity index is 797. The van der Waals surface area contributed by atoms with Gasteiger partial charge in [0, 0.05) is 37.5 Å². The summed E-state index contributed by atoms with van der Waals surface area (Å²) in [6.07, 6.45) is 1.92. The summed E-state index contributed by atoms with van der Waals surface area (Å²) < 4.78 is 5.65. The maximum Gasteiger partial charge on any atom is 0.255 e. The van der Waals surface area contributed by atoms with E-state index in [-0.39, 0.29) is 11.8 Å². The van der Waals surface area contributed by atoms with Gasteiger partial charge in [0.05, 0.1) is 12.2 Å². The quantitative estimate of drug-likeness (QED) is 0.598. The molecular formula is C22H26N2O3S. The van der Waals surface area contributed by atoms with Crippen molar-refractivity contribution in [3.63, 3.8) is 0 Å². The molecule has 1 fully saturated rings. The molecule has 28 heavy (non-hydrogen) atoms. The summed E-state index contributed by atoms with van der Waals surface area (Å²) in [5, 5.41) is 0. The number of thiol groups is 1. The zero-order valence-corrected chi connectivity index (χ0v) is 16.8. The number of amides is 2. The standard InChI is InChI=1S/C22H26N2O3S/c25-21(12-6-17-27-18-8-2-1-3-9-18)23-13-7-14-24(16-15-23)22(26)19-10-4-5-11-20(19)28/h1-5,8-11,28H,6-7,12-17H2. The first-order valence-electron chi connectivity index (χ1n) is 9.68. The minimum atomic E-state index is -0.0174. The molecule has 0 radical (unpaired) electrons. The van der Waals surface area contributed by atoms with Crippen molar-refractivity contribution in [2.24, 2.45) is 0 Å². The van der Waals surface area contributed by atoms with E-state index in [1.807, 2.05) is 58.3 Å². The van der Waals surface area contributed by atoms with Crippen molar-refractivity contribution in [3.8, 4) is 5.75 Å². The molecule has 1 saturated heterocycles. The maximum atomic E-state index is 12.8. The van der Waals surface area contributed by atoms with Gasteiger partial charge in [0.25, 0.3) is 5.91 Å². The average Bonchev–Trinajstić information content (AvgIpc) is 2.98. The molecule has 0 unspecified atom stereocenters. The molecule has 0 saturated carbocycles. The zero-order chi connectivity index (χ0) is 19.8. The Kier molecular flexibility index (Phi) is 7.37. The fraction of sp³-hybridized carbons (Fsp3) is 0.364. The highest BCUT2D eigenvalue weighted by Crippen LogP contribution is 2.17. The molecule has 0 bridgehead atoms. The van der Waals surface area contributed by atoms with Crippen LogP contribution in [0.4, 0.5) is 0 Å². The monoisotopic (exact) mass is 398 g/mol. The third kappa shape index (κ3) is 5.52. The molecule has 2 aromatic rings. The van der Waals surface area contributed by atoms with E-state index in [0.717, 1.165) is 12.2 Å². The number of hydrogen-bond acceptors (Lipinski definition) is 4. The first-order valence-corrected chi connectivity index (χ1v) is 10.1. The van der Waals surface area contributed by atoms with Gasteiger partial charge in [0.2, 0.25) is 5.91 Å². The van der Waals surface area contributed by atoms with E-state index >= 15 is 0 Å². The number of rotatable bonds is 6. The number of benzene rings is 2. The summed E-state index contributed by atoms with van der Waals surface area (Å²) in [7, 11) is 0. The summed E-state index contributed by atoms with van der Waals surface area (Å²) in [6.45, 7) is 2.98. The molecule has 0 N–H and O–H groups in total. The molecule has 5 nitrogen and oxygen atoms in total. The van der Waals surface area contributed by atoms with Gasteiger partial charge < -0.3 is 14.5 Å². The predicted molar refractivity (Wildman–Crippen MR) is 112 cm³/mol. The summed E-state index contributed by atoms with van der Waals surface area (Å²) in [4.78, 5) is 29.6. The Morgan fingerprint density at radius 1 is 0.893 bits per heavy atom. The van der Waals surface area contributed by atoms with Gasteiger partial charge in [-0.2, -0.15) is 0 Å². The average molecular weight is 399 g/mol. The van der Waals surface area contributed by atoms with Crippen molar-refractivity contribution in [2.45, 2.75) is 24.2 Å². The van der Waals surface area contributed by atoms with E-state index in [2.05, 4.69) is 12.6 Å². The Labute approximate surface area is 171 Å². The SMILES string of the molecule is O=C(CCCOc1ccccc1)N1CCCN(C(=O)c2ccccc2S)CC1. The first-order chi connectivity index (χ1) is 13.6. The van der Waals surface area contributed by atoms with Gasteiger partial charge in [-0.05, 0) is 37.1 Å². The van der Waals surface area contributed by atoms with Gasteiger partial charge in [-0.1, -0.05) is 30.3 Å². The van der Waals surface area contributed by atoms with Crippen molar-refractivity contribution in [2.75, 3.05) is 32.8 Å². The molecule has 0 aromatic heterocycles. The van der Waals surface area contributed by atoms with Gasteiger partial charge in [-0.3, -0.25) is 9.59 Å². The fourth-order valence-corrected chi connectivity index (χ4v) is 3.54. The van der Waals surface area contributed by atoms with E-state index < -0.39 is 0 Å². The molecule has 1 aliphatic heterocycles. The van der Waals surface area contributed by atoms with Gasteiger partial charge >= 0.3 is 0 Å². The highest BCUT2D eigenvalue weighted by atomic mass is 32.1. The van der Waals surface area contributed by atoms with E-state index in [1.165, 1.54) is 0 Å². The Morgan fingerprint density at radius 3 is 2.36 bits per heavy atom. The highest BCUT2D eigenvalue weighted by Gasteiger charge is 2.23. The molecule has 3 rings (SSSR count). The first kappa shape index (κ1) is 20.3. The zero-order valence-electron chi connectivity index (χ0n) is 15.9. The van der Waals surface area contributed by atoms with Gasteiger partial charge in [-0.15, -0.1) is 12.6 Å². The van der Waals surface area contributed by atoms with Gasteiger partial charge in [0.1, 0.15) is 5.75 Å². The van der Waals surface area contributed by atoms with Crippen LogP contribution in [0.15, 0.2) is 59.5 Å². The van der Waals surface area contributed by atoms with E-state index in [9.17, 15) is 9.59 Å². The third-order valence-electron chi connectivity index (χ3n) is 4.82. The number of carbonyl (C=O) groups excluding carboxylic acids is 2. The largest absolute Gasteiger partial charge is 0.494 e. The lowest BCUT2D eigenvalue weighted by Gasteiger charge is -2.22. The number of nitrogens with zero attached hydrogens (tertiary/aromatic N) is 2. The molecule has 0 spiro atoms. The van der Waals surface area contributed by atoms with Gasteiger partial charge in [0.15, 0.2) is 0 Å². The highest BCUT2D eigenvalue weighted by molar-refractivity contribution is 7.80. The number of ether oxygens (including phenoxy) is 1. The second-order valence-electron chi connectivity index (χ2n) is 6.81. The molecule has 6 heteroatoms. The molecule has 148 valence electrons. The maximum absolute atomic E-state index is 12.8. The summed E-state index contributed by atoms with van der Waals surface area (Å²) >= 11 is 4.38. The molecular weight excluding hydrogens is 372 g/mol. The molecule has 0 aliphatic carbocycles. The molecule has 2 amide bonds. The summed E-state index contributed by atoms with van der Waals surface area (Å²) in [6, 6.07) is 16.9. The number of para-hydroxylation sites is 1. The van der Waals surface area contributed by atoms with Crippen LogP contribution in [-0.4, -0.2) is 54.4 Å². The molecule has 0 atom stereocenters. The van der Waals surface area contributed by atoms with E-state index in [0.29, 0.717) is 56.1 Å². The van der Waals surface area contributed by atoms with Crippen molar-refractivity contribution in [1.82, 2.24) is 9.80 Å². The minimum absolute atomic E-state index is 0.0174. The Hall–Kier alpha value is -2.47. The minimum Gasteiger partial charge on any atom is -0.494 e. The third-order valence-corrected chi connectivity index (χ3v) is 5.21. The normalized spacial score (nSPS) is 14.5. The predicted octanol–water partition coefficient (Wildman–Crippen LogP) is 3.51. The van der Waals surface area contributed by atoms with Crippen LogP contribution in [0.1, 0.15) is 29.6 Å². The lowest BCUT2D eigenvalue weighted by molar-refractivity contribution is -0.131. The summed E-state index contributed by atoms with van der Waals surface area (Å²) in [5.41, 5.74) is 0.615. The molecule has 2 aromatic carbocycles. The van der Waals surface area contributed by atoms with E-state index in [4.69, 9.17) is 4.74 Å². The Balaban J connectivity index is 1.44. The second kappa shape index (κ2) is 10.2. The fourth-order valence-electron chi connectivity index (χ4n) is 3.28. The van der Waals surface area contributed by atoms with Crippen molar-refractivity contribution >= 4 is 24.4 Å². The number of carbonyl (C=O) groups is 2. The lowest BCUT2D eigenvalue weighted by atomic mass is 10.2. The van der Waals surface area contributed by atoms with Crippen molar-refractivity contribution < 1.29 is 14.3 Å². The lowest BCUT2D eigenvalue weighted by Crippen LogP contribution is -2.37. The second-order valence-corrected chi connectivity index (χ2v) is 7.29. The van der Waals surface area contributed by atoms with Crippen LogP contribution in [0, 0.1) is 0 Å². The van der Waals surface area contributed by atoms with E-state index in [1.54, 1.807) is 6.07 Å². The smallest absolute Gasteiger partial charge is 0.255 e. The molecule has 1 heterocycles. The summed E-state index contributed by atoms with van der Waals surface area (Å²) in [5.74, 6) is 0.931. The van der Waals surface area contributed by atoms with Crippen LogP contribution in [0.25, 0.3) is 0 Å². The molecule has 1 aliphatic rings. The van der Waals surface area contributed by atoms with Crippen LogP contribution < -0.4 is 4.74 Å². The van der Waals surface area contributed by atoms with Crippen LogP contribution in [-0.2, 0) is 4.79 Å². The van der Waals surface area contributed by atoms with Crippen LogP contribution in [0.3, 0.4) is 0 Å². The Morgan fingerprint density at radius 2 is 1.57 bits per heavy atom. The van der Waals surface area contributed by atoms with Crippen LogP contribution >= 0.6 is 12.6 Å². The number of hydrogen-bond donors (Lipinski definition) is 1. The van der Waals surface area contributed by atoms with Gasteiger partial charge in [-0.25, -0.2) is 0 Å². The topological polar surface area (TPSA) is 49.9 Å². The van der Waals surface area contributed by atoms with Crippen LogP contribution in [0.2, 0.25) is 0 Å².